The van der Waals surface area contributed by atoms with Gasteiger partial charge in [0.2, 0.25) is 0 Å². The van der Waals surface area contributed by atoms with Crippen LogP contribution in [-0.4, -0.2) is 18.9 Å². The predicted molar refractivity (Wildman–Crippen MR) is 96.4 cm³/mol. The second-order valence-electron chi connectivity index (χ2n) is 5.58. The highest BCUT2D eigenvalue weighted by Gasteiger charge is 2.40. The highest BCUT2D eigenvalue weighted by atomic mass is 35.5. The zero-order valence-electron chi connectivity index (χ0n) is 13.8. The fourth-order valence-corrected chi connectivity index (χ4v) is 2.92. The first-order valence-corrected chi connectivity index (χ1v) is 8.15. The molecule has 1 N–H and O–H groups in total. The summed E-state index contributed by atoms with van der Waals surface area (Å²) in [5, 5.41) is 2.93. The number of hydrogen-bond acceptors (Lipinski definition) is 4. The second kappa shape index (κ2) is 6.99. The Morgan fingerprint density at radius 3 is 2.32 bits per heavy atom. The van der Waals surface area contributed by atoms with Crippen LogP contribution in [0.5, 0.6) is 5.75 Å². The van der Waals surface area contributed by atoms with Gasteiger partial charge < -0.3 is 10.1 Å². The van der Waals surface area contributed by atoms with E-state index in [0.717, 1.165) is 10.5 Å². The highest BCUT2D eigenvalue weighted by Crippen LogP contribution is 2.35. The number of nitrogens with one attached hydrogen (secondary N) is 1. The molecular weight excluding hydrogens is 340 g/mol. The number of carbonyl (C=O) groups is 2. The summed E-state index contributed by atoms with van der Waals surface area (Å²) < 4.78 is 5.25. The van der Waals surface area contributed by atoms with Crippen LogP contribution in [0.2, 0.25) is 0 Å². The zero-order valence-corrected chi connectivity index (χ0v) is 14.6. The Balaban J connectivity index is 1.89. The fourth-order valence-electron chi connectivity index (χ4n) is 2.70. The van der Waals surface area contributed by atoms with Gasteiger partial charge in [-0.1, -0.05) is 54.1 Å². The van der Waals surface area contributed by atoms with Crippen molar-refractivity contribution in [3.05, 3.63) is 70.9 Å². The molecule has 1 aliphatic heterocycles. The van der Waals surface area contributed by atoms with Crippen LogP contribution in [0.15, 0.2) is 65.3 Å². The first-order valence-electron chi connectivity index (χ1n) is 7.77. The normalized spacial score (nSPS) is 15.6. The van der Waals surface area contributed by atoms with Crippen molar-refractivity contribution >= 4 is 29.1 Å². The molecule has 0 spiro atoms. The molecule has 1 aliphatic rings. The first kappa shape index (κ1) is 17.0. The van der Waals surface area contributed by atoms with Crippen molar-refractivity contribution in [1.29, 1.82) is 0 Å². The lowest BCUT2D eigenvalue weighted by atomic mass is 10.1. The third-order valence-electron chi connectivity index (χ3n) is 4.01. The van der Waals surface area contributed by atoms with E-state index in [1.54, 1.807) is 24.3 Å². The molecule has 2 aromatic rings. The van der Waals surface area contributed by atoms with E-state index in [2.05, 4.69) is 5.32 Å². The number of amides is 2. The molecule has 0 fully saturated rings. The molecule has 128 valence electrons. The van der Waals surface area contributed by atoms with Crippen LogP contribution in [0, 0.1) is 0 Å². The SMILES string of the molecule is COc1ccccc1N1C(=O)C(Cl)=C(NC(C)c2ccccc2)C1=O. The van der Waals surface area contributed by atoms with E-state index < -0.39 is 11.8 Å². The van der Waals surface area contributed by atoms with Crippen LogP contribution in [0.25, 0.3) is 0 Å². The van der Waals surface area contributed by atoms with Gasteiger partial charge in [-0.05, 0) is 24.6 Å². The molecule has 25 heavy (non-hydrogen) atoms. The molecule has 0 saturated heterocycles. The van der Waals surface area contributed by atoms with E-state index in [-0.39, 0.29) is 16.8 Å². The number of hydrogen-bond donors (Lipinski definition) is 1. The summed E-state index contributed by atoms with van der Waals surface area (Å²) in [4.78, 5) is 26.4. The number of benzene rings is 2. The number of anilines is 1. The Bertz CT molecular complexity index is 849. The van der Waals surface area contributed by atoms with Crippen LogP contribution in [-0.2, 0) is 9.59 Å². The Hall–Kier alpha value is -2.79. The maximum Gasteiger partial charge on any atom is 0.283 e. The van der Waals surface area contributed by atoms with E-state index in [0.29, 0.717) is 11.4 Å². The maximum absolute atomic E-state index is 12.8. The van der Waals surface area contributed by atoms with Gasteiger partial charge in [0, 0.05) is 6.04 Å². The third kappa shape index (κ3) is 3.10. The van der Waals surface area contributed by atoms with Crippen LogP contribution < -0.4 is 15.0 Å². The predicted octanol–water partition coefficient (Wildman–Crippen LogP) is 3.37. The molecule has 2 aromatic carbocycles. The van der Waals surface area contributed by atoms with Gasteiger partial charge in [-0.3, -0.25) is 9.59 Å². The van der Waals surface area contributed by atoms with Gasteiger partial charge in [-0.2, -0.15) is 0 Å². The van der Waals surface area contributed by atoms with Crippen molar-refractivity contribution in [2.75, 3.05) is 12.0 Å². The summed E-state index contributed by atoms with van der Waals surface area (Å²) in [6.07, 6.45) is 0. The summed E-state index contributed by atoms with van der Waals surface area (Å²) in [6, 6.07) is 16.2. The van der Waals surface area contributed by atoms with Crippen molar-refractivity contribution in [2.45, 2.75) is 13.0 Å². The lowest BCUT2D eigenvalue weighted by Crippen LogP contribution is -2.34. The average Bonchev–Trinajstić information content (AvgIpc) is 2.85. The molecule has 0 aromatic heterocycles. The summed E-state index contributed by atoms with van der Waals surface area (Å²) >= 11 is 6.16. The third-order valence-corrected chi connectivity index (χ3v) is 4.36. The fraction of sp³-hybridized carbons (Fsp3) is 0.158. The van der Waals surface area contributed by atoms with Crippen molar-refractivity contribution < 1.29 is 14.3 Å². The van der Waals surface area contributed by atoms with Gasteiger partial charge in [0.15, 0.2) is 0 Å². The molecule has 0 saturated carbocycles. The Morgan fingerprint density at radius 1 is 1.00 bits per heavy atom. The number of methoxy groups -OCH3 is 1. The van der Waals surface area contributed by atoms with E-state index in [9.17, 15) is 9.59 Å². The summed E-state index contributed by atoms with van der Waals surface area (Å²) in [6.45, 7) is 1.90. The minimum atomic E-state index is -0.570. The zero-order chi connectivity index (χ0) is 18.0. The number of ether oxygens (including phenoxy) is 1. The quantitative estimate of drug-likeness (QED) is 0.834. The summed E-state index contributed by atoms with van der Waals surface area (Å²) in [5.41, 5.74) is 1.44. The summed E-state index contributed by atoms with van der Waals surface area (Å²) in [5.74, 6) is -0.646. The molecule has 1 heterocycles. The minimum absolute atomic E-state index is 0.0916. The number of para-hydroxylation sites is 2. The maximum atomic E-state index is 12.8. The van der Waals surface area contributed by atoms with Crippen LogP contribution in [0.4, 0.5) is 5.69 Å². The standard InChI is InChI=1S/C19H17ClN2O3/c1-12(13-8-4-3-5-9-13)21-17-16(20)18(23)22(19(17)24)14-10-6-7-11-15(14)25-2/h3-12,21H,1-2H3. The van der Waals surface area contributed by atoms with E-state index in [1.807, 2.05) is 37.3 Å². The van der Waals surface area contributed by atoms with Gasteiger partial charge >= 0.3 is 0 Å². The van der Waals surface area contributed by atoms with Gasteiger partial charge in [-0.25, -0.2) is 4.90 Å². The number of nitrogens with zero attached hydrogens (tertiary/aromatic N) is 1. The molecular formula is C19H17ClN2O3. The molecule has 0 bridgehead atoms. The monoisotopic (exact) mass is 356 g/mol. The van der Waals surface area contributed by atoms with Gasteiger partial charge in [0.1, 0.15) is 16.5 Å². The topological polar surface area (TPSA) is 58.6 Å². The van der Waals surface area contributed by atoms with E-state index >= 15 is 0 Å². The second-order valence-corrected chi connectivity index (χ2v) is 5.96. The average molecular weight is 357 g/mol. The molecule has 6 heteroatoms. The largest absolute Gasteiger partial charge is 0.495 e. The highest BCUT2D eigenvalue weighted by molar-refractivity contribution is 6.52. The van der Waals surface area contributed by atoms with Gasteiger partial charge in [-0.15, -0.1) is 0 Å². The first-order chi connectivity index (χ1) is 12.0. The number of rotatable bonds is 5. The summed E-state index contributed by atoms with van der Waals surface area (Å²) in [7, 11) is 1.48. The molecule has 3 rings (SSSR count). The molecule has 0 aliphatic carbocycles. The van der Waals surface area contributed by atoms with Crippen molar-refractivity contribution in [2.24, 2.45) is 0 Å². The van der Waals surface area contributed by atoms with Crippen LogP contribution >= 0.6 is 11.6 Å². The minimum Gasteiger partial charge on any atom is -0.495 e. The van der Waals surface area contributed by atoms with Crippen molar-refractivity contribution in [3.8, 4) is 5.75 Å². The van der Waals surface area contributed by atoms with E-state index in [1.165, 1.54) is 7.11 Å². The molecule has 5 nitrogen and oxygen atoms in total. The van der Waals surface area contributed by atoms with Crippen molar-refractivity contribution in [3.63, 3.8) is 0 Å². The lowest BCUT2D eigenvalue weighted by molar-refractivity contribution is -0.120. The lowest BCUT2D eigenvalue weighted by Gasteiger charge is -2.19. The van der Waals surface area contributed by atoms with Crippen LogP contribution in [0.1, 0.15) is 18.5 Å². The number of halogens is 1. The Morgan fingerprint density at radius 2 is 1.64 bits per heavy atom. The van der Waals surface area contributed by atoms with Crippen molar-refractivity contribution in [1.82, 2.24) is 5.32 Å². The number of carbonyl (C=O) groups excluding carboxylic acids is 2. The van der Waals surface area contributed by atoms with Gasteiger partial charge in [0.25, 0.3) is 11.8 Å². The Kier molecular flexibility index (Phi) is 4.76. The smallest absolute Gasteiger partial charge is 0.283 e. The van der Waals surface area contributed by atoms with Gasteiger partial charge in [0.05, 0.1) is 12.8 Å². The van der Waals surface area contributed by atoms with E-state index in [4.69, 9.17) is 16.3 Å². The molecule has 1 atom stereocenters. The van der Waals surface area contributed by atoms with Crippen LogP contribution in [0.3, 0.4) is 0 Å². The molecule has 1 unspecified atom stereocenters. The number of imide groups is 1. The molecule has 2 amide bonds. The Labute approximate surface area is 150 Å². The molecule has 0 radical (unpaired) electrons.